The number of nitrogens with zero attached hydrogens (tertiary/aromatic N) is 1. The van der Waals surface area contributed by atoms with E-state index in [0.717, 1.165) is 16.3 Å². The van der Waals surface area contributed by atoms with Crippen LogP contribution in [0.5, 0.6) is 0 Å². The van der Waals surface area contributed by atoms with E-state index in [0.29, 0.717) is 6.54 Å². The fourth-order valence-electron chi connectivity index (χ4n) is 2.03. The first-order valence-electron chi connectivity index (χ1n) is 6.28. The maximum absolute atomic E-state index is 12.2. The number of para-hydroxylation sites is 2. The predicted octanol–water partition coefficient (Wildman–Crippen LogP) is 2.30. The molecule has 1 unspecified atom stereocenters. The van der Waals surface area contributed by atoms with Crippen LogP contribution in [0.15, 0.2) is 24.3 Å². The van der Waals surface area contributed by atoms with Gasteiger partial charge in [0.15, 0.2) is 0 Å². The number of likely N-dealkylation sites (N-methyl/N-ethyl adjacent to an activating group) is 1. The van der Waals surface area contributed by atoms with Crippen LogP contribution in [0.4, 0.5) is 24.5 Å². The van der Waals surface area contributed by atoms with Crippen molar-refractivity contribution in [2.24, 2.45) is 0 Å². The molecule has 2 rings (SSSR count). The number of fused-ring (bicyclic) bond motifs is 1. The summed E-state index contributed by atoms with van der Waals surface area (Å²) in [5.74, 6) is -0.351. The summed E-state index contributed by atoms with van der Waals surface area (Å²) in [7, 11) is 1.39. The van der Waals surface area contributed by atoms with Crippen LogP contribution in [-0.2, 0) is 4.79 Å². The Morgan fingerprint density at radius 1 is 1.35 bits per heavy atom. The maximum atomic E-state index is 12.2. The SMILES string of the molecule is CN(CCC(F)(F)F)C(=O)C1CNc2ccccc2N1. The molecule has 1 aliphatic rings. The molecule has 1 heterocycles. The van der Waals surface area contributed by atoms with Gasteiger partial charge >= 0.3 is 6.18 Å². The molecule has 1 atom stereocenters. The summed E-state index contributed by atoms with van der Waals surface area (Å²) in [6.07, 6.45) is -5.24. The topological polar surface area (TPSA) is 44.4 Å². The second-order valence-electron chi connectivity index (χ2n) is 4.75. The lowest BCUT2D eigenvalue weighted by molar-refractivity contribution is -0.144. The van der Waals surface area contributed by atoms with Gasteiger partial charge < -0.3 is 15.5 Å². The maximum Gasteiger partial charge on any atom is 0.390 e. The largest absolute Gasteiger partial charge is 0.390 e. The highest BCUT2D eigenvalue weighted by Gasteiger charge is 2.30. The summed E-state index contributed by atoms with van der Waals surface area (Å²) in [6, 6.07) is 6.83. The van der Waals surface area contributed by atoms with Gasteiger partial charge in [0.2, 0.25) is 5.91 Å². The molecule has 1 aromatic rings. The second kappa shape index (κ2) is 5.60. The van der Waals surface area contributed by atoms with E-state index >= 15 is 0 Å². The summed E-state index contributed by atoms with van der Waals surface area (Å²) in [5.41, 5.74) is 1.66. The van der Waals surface area contributed by atoms with Gasteiger partial charge in [0, 0.05) is 20.1 Å². The third kappa shape index (κ3) is 3.55. The smallest absolute Gasteiger partial charge is 0.381 e. The lowest BCUT2D eigenvalue weighted by atomic mass is 10.1. The minimum absolute atomic E-state index is 0.331. The number of benzene rings is 1. The Bertz CT molecular complexity index is 490. The van der Waals surface area contributed by atoms with Gasteiger partial charge in [-0.05, 0) is 12.1 Å². The van der Waals surface area contributed by atoms with Gasteiger partial charge in [0.1, 0.15) is 6.04 Å². The van der Waals surface area contributed by atoms with E-state index in [2.05, 4.69) is 10.6 Å². The Hall–Kier alpha value is -1.92. The standard InChI is InChI=1S/C13H16F3N3O/c1-19(7-6-13(14,15)16)12(20)11-8-17-9-4-2-3-5-10(9)18-11/h2-5,11,17-18H,6-8H2,1H3. The molecule has 0 saturated heterocycles. The molecule has 0 radical (unpaired) electrons. The van der Waals surface area contributed by atoms with Crippen molar-refractivity contribution < 1.29 is 18.0 Å². The van der Waals surface area contributed by atoms with Gasteiger partial charge in [-0.1, -0.05) is 12.1 Å². The molecule has 1 aliphatic heterocycles. The van der Waals surface area contributed by atoms with Crippen molar-refractivity contribution in [1.29, 1.82) is 0 Å². The van der Waals surface area contributed by atoms with Crippen molar-refractivity contribution in [3.63, 3.8) is 0 Å². The van der Waals surface area contributed by atoms with Crippen molar-refractivity contribution in [2.45, 2.75) is 18.6 Å². The van der Waals surface area contributed by atoms with Crippen LogP contribution in [0.25, 0.3) is 0 Å². The monoisotopic (exact) mass is 287 g/mol. The van der Waals surface area contributed by atoms with Crippen molar-refractivity contribution >= 4 is 17.3 Å². The lowest BCUT2D eigenvalue weighted by Gasteiger charge is -2.30. The zero-order valence-corrected chi connectivity index (χ0v) is 11.0. The van der Waals surface area contributed by atoms with Crippen molar-refractivity contribution in [3.8, 4) is 0 Å². The van der Waals surface area contributed by atoms with Gasteiger partial charge in [-0.3, -0.25) is 4.79 Å². The molecule has 0 bridgehead atoms. The highest BCUT2D eigenvalue weighted by atomic mass is 19.4. The van der Waals surface area contributed by atoms with E-state index in [1.807, 2.05) is 24.3 Å². The molecule has 4 nitrogen and oxygen atoms in total. The van der Waals surface area contributed by atoms with Crippen LogP contribution < -0.4 is 10.6 Å². The molecule has 110 valence electrons. The third-order valence-electron chi connectivity index (χ3n) is 3.16. The number of hydrogen-bond donors (Lipinski definition) is 2. The molecule has 0 aliphatic carbocycles. The fourth-order valence-corrected chi connectivity index (χ4v) is 2.03. The number of nitrogens with one attached hydrogen (secondary N) is 2. The van der Waals surface area contributed by atoms with E-state index in [-0.39, 0.29) is 12.5 Å². The molecule has 2 N–H and O–H groups in total. The van der Waals surface area contributed by atoms with Crippen molar-refractivity contribution in [2.75, 3.05) is 30.8 Å². The molecule has 0 saturated carbocycles. The van der Waals surface area contributed by atoms with Crippen LogP contribution in [0, 0.1) is 0 Å². The molecule has 0 aromatic heterocycles. The second-order valence-corrected chi connectivity index (χ2v) is 4.75. The van der Waals surface area contributed by atoms with E-state index in [1.165, 1.54) is 7.05 Å². The first-order chi connectivity index (χ1) is 9.37. The zero-order valence-electron chi connectivity index (χ0n) is 11.0. The number of rotatable bonds is 3. The average molecular weight is 287 g/mol. The van der Waals surface area contributed by atoms with Crippen molar-refractivity contribution in [3.05, 3.63) is 24.3 Å². The quantitative estimate of drug-likeness (QED) is 0.896. The summed E-state index contributed by atoms with van der Waals surface area (Å²) < 4.78 is 36.5. The van der Waals surface area contributed by atoms with E-state index in [9.17, 15) is 18.0 Å². The molecule has 0 spiro atoms. The van der Waals surface area contributed by atoms with Crippen LogP contribution in [0.1, 0.15) is 6.42 Å². The highest BCUT2D eigenvalue weighted by molar-refractivity contribution is 5.88. The summed E-state index contributed by atoms with van der Waals surface area (Å²) in [4.78, 5) is 13.2. The third-order valence-corrected chi connectivity index (χ3v) is 3.16. The Balaban J connectivity index is 1.94. The Morgan fingerprint density at radius 2 is 2.00 bits per heavy atom. The van der Waals surface area contributed by atoms with Crippen LogP contribution in [0.2, 0.25) is 0 Å². The molecule has 7 heteroatoms. The Kier molecular flexibility index (Phi) is 4.06. The van der Waals surface area contributed by atoms with Gasteiger partial charge in [0.25, 0.3) is 0 Å². The normalized spacial score (nSPS) is 17.7. The summed E-state index contributed by atoms with van der Waals surface area (Å²) in [6.45, 7) is 0.0222. The number of carbonyl (C=O) groups excluding carboxylic acids is 1. The van der Waals surface area contributed by atoms with E-state index in [1.54, 1.807) is 0 Å². The Morgan fingerprint density at radius 3 is 2.65 bits per heavy atom. The fraction of sp³-hybridized carbons (Fsp3) is 0.462. The molecule has 20 heavy (non-hydrogen) atoms. The first-order valence-corrected chi connectivity index (χ1v) is 6.28. The van der Waals surface area contributed by atoms with Crippen LogP contribution >= 0.6 is 0 Å². The highest BCUT2D eigenvalue weighted by Crippen LogP contribution is 2.26. The minimum atomic E-state index is -4.25. The zero-order chi connectivity index (χ0) is 14.8. The van der Waals surface area contributed by atoms with Crippen LogP contribution in [0.3, 0.4) is 0 Å². The van der Waals surface area contributed by atoms with Gasteiger partial charge in [0.05, 0.1) is 17.8 Å². The number of halogens is 3. The molecular formula is C13H16F3N3O. The number of hydrogen-bond acceptors (Lipinski definition) is 3. The molecule has 0 fully saturated rings. The van der Waals surface area contributed by atoms with Gasteiger partial charge in [-0.25, -0.2) is 0 Å². The Labute approximate surface area is 114 Å². The molecule has 1 aromatic carbocycles. The predicted molar refractivity (Wildman–Crippen MR) is 70.7 cm³/mol. The van der Waals surface area contributed by atoms with E-state index < -0.39 is 18.6 Å². The number of amides is 1. The van der Waals surface area contributed by atoms with Gasteiger partial charge in [-0.2, -0.15) is 13.2 Å². The van der Waals surface area contributed by atoms with E-state index in [4.69, 9.17) is 0 Å². The molecule has 1 amide bonds. The number of alkyl halides is 3. The summed E-state index contributed by atoms with van der Waals surface area (Å²) in [5, 5.41) is 6.13. The molecular weight excluding hydrogens is 271 g/mol. The lowest BCUT2D eigenvalue weighted by Crippen LogP contribution is -2.47. The average Bonchev–Trinajstić information content (AvgIpc) is 2.42. The minimum Gasteiger partial charge on any atom is -0.381 e. The first kappa shape index (κ1) is 14.5. The van der Waals surface area contributed by atoms with Crippen molar-refractivity contribution in [1.82, 2.24) is 4.90 Å². The van der Waals surface area contributed by atoms with Crippen LogP contribution in [-0.4, -0.2) is 43.2 Å². The summed E-state index contributed by atoms with van der Waals surface area (Å²) >= 11 is 0. The van der Waals surface area contributed by atoms with Gasteiger partial charge in [-0.15, -0.1) is 0 Å². The number of anilines is 2. The number of carbonyl (C=O) groups is 1.